The number of hydrogen-bond acceptors (Lipinski definition) is 2. The molecule has 2 nitrogen and oxygen atoms in total. The van der Waals surface area contributed by atoms with Gasteiger partial charge < -0.3 is 9.47 Å². The maximum Gasteiger partial charge on any atom is 0.586 e. The largest absolute Gasteiger partial charge is 0.586 e. The molecular formula is C13H16F2O2. The van der Waals surface area contributed by atoms with Crippen molar-refractivity contribution in [2.24, 2.45) is 0 Å². The van der Waals surface area contributed by atoms with Gasteiger partial charge in [0.15, 0.2) is 11.5 Å². The molecule has 0 N–H and O–H groups in total. The minimum atomic E-state index is -3.54. The molecule has 0 aromatic heterocycles. The molecule has 0 amide bonds. The molecule has 94 valence electrons. The Kier molecular flexibility index (Phi) is 2.76. The van der Waals surface area contributed by atoms with Crippen LogP contribution in [0.5, 0.6) is 11.5 Å². The zero-order chi connectivity index (χ0) is 12.8. The van der Waals surface area contributed by atoms with Gasteiger partial charge in [0, 0.05) is 5.56 Å². The van der Waals surface area contributed by atoms with Crippen LogP contribution in [0.3, 0.4) is 0 Å². The second-order valence-electron chi connectivity index (χ2n) is 4.87. The smallest absolute Gasteiger partial charge is 0.395 e. The molecule has 0 unspecified atom stereocenters. The van der Waals surface area contributed by atoms with Gasteiger partial charge in [-0.1, -0.05) is 33.8 Å². The lowest BCUT2D eigenvalue weighted by molar-refractivity contribution is -0.287. The maximum absolute atomic E-state index is 13.1. The fraction of sp³-hybridized carbons (Fsp3) is 0.538. The van der Waals surface area contributed by atoms with E-state index in [1.165, 1.54) is 0 Å². The Labute approximate surface area is 99.5 Å². The molecule has 0 atom stereocenters. The molecule has 1 aliphatic rings. The number of fused-ring (bicyclic) bond motifs is 1. The predicted molar refractivity (Wildman–Crippen MR) is 60.8 cm³/mol. The van der Waals surface area contributed by atoms with Gasteiger partial charge in [0.1, 0.15) is 0 Å². The highest BCUT2D eigenvalue weighted by molar-refractivity contribution is 5.54. The summed E-state index contributed by atoms with van der Waals surface area (Å²) in [6, 6.07) is 3.39. The lowest BCUT2D eigenvalue weighted by atomic mass is 9.89. The number of ether oxygens (including phenoxy) is 2. The minimum absolute atomic E-state index is 0.111. The highest BCUT2D eigenvalue weighted by Crippen LogP contribution is 2.48. The zero-order valence-corrected chi connectivity index (χ0v) is 10.4. The molecule has 0 bridgehead atoms. The lowest BCUT2D eigenvalue weighted by Crippen LogP contribution is -2.26. The standard InChI is InChI=1S/C13H16F2O2/c1-7(2)9-5-6-10-12(11(9)8(3)4)17-13(14,15)16-10/h5-8H,1-4H3. The molecule has 2 rings (SSSR count). The van der Waals surface area contributed by atoms with Crippen LogP contribution in [0.1, 0.15) is 50.7 Å². The van der Waals surface area contributed by atoms with Gasteiger partial charge in [0.25, 0.3) is 0 Å². The summed E-state index contributed by atoms with van der Waals surface area (Å²) < 4.78 is 35.2. The average molecular weight is 242 g/mol. The molecule has 0 aliphatic carbocycles. The van der Waals surface area contributed by atoms with E-state index in [0.29, 0.717) is 0 Å². The van der Waals surface area contributed by atoms with Crippen LogP contribution >= 0.6 is 0 Å². The third-order valence-electron chi connectivity index (χ3n) is 2.84. The van der Waals surface area contributed by atoms with Crippen molar-refractivity contribution in [3.05, 3.63) is 23.3 Å². The summed E-state index contributed by atoms with van der Waals surface area (Å²) in [5, 5.41) is 0. The van der Waals surface area contributed by atoms with Gasteiger partial charge in [-0.05, 0) is 23.5 Å². The first-order valence-electron chi connectivity index (χ1n) is 5.74. The second-order valence-corrected chi connectivity index (χ2v) is 4.87. The van der Waals surface area contributed by atoms with Crippen LogP contribution in [0, 0.1) is 0 Å². The first-order chi connectivity index (χ1) is 7.82. The van der Waals surface area contributed by atoms with E-state index in [1.54, 1.807) is 6.07 Å². The summed E-state index contributed by atoms with van der Waals surface area (Å²) in [5.74, 6) is 0.690. The molecule has 1 aromatic rings. The van der Waals surface area contributed by atoms with E-state index < -0.39 is 6.29 Å². The average Bonchev–Trinajstić information content (AvgIpc) is 2.48. The van der Waals surface area contributed by atoms with E-state index in [-0.39, 0.29) is 23.3 Å². The van der Waals surface area contributed by atoms with Crippen molar-refractivity contribution in [1.29, 1.82) is 0 Å². The van der Waals surface area contributed by atoms with E-state index in [4.69, 9.17) is 0 Å². The highest BCUT2D eigenvalue weighted by atomic mass is 19.3. The summed E-state index contributed by atoms with van der Waals surface area (Å²) in [4.78, 5) is 0. The van der Waals surface area contributed by atoms with Gasteiger partial charge in [-0.2, -0.15) is 0 Å². The molecule has 17 heavy (non-hydrogen) atoms. The van der Waals surface area contributed by atoms with Crippen molar-refractivity contribution >= 4 is 0 Å². The summed E-state index contributed by atoms with van der Waals surface area (Å²) in [6.07, 6.45) is -3.54. The Morgan fingerprint density at radius 2 is 1.65 bits per heavy atom. The lowest BCUT2D eigenvalue weighted by Gasteiger charge is -2.17. The van der Waals surface area contributed by atoms with Crippen molar-refractivity contribution in [3.8, 4) is 11.5 Å². The monoisotopic (exact) mass is 242 g/mol. The van der Waals surface area contributed by atoms with E-state index in [2.05, 4.69) is 9.47 Å². The summed E-state index contributed by atoms with van der Waals surface area (Å²) >= 11 is 0. The predicted octanol–water partition coefficient (Wildman–Crippen LogP) is 4.25. The Morgan fingerprint density at radius 3 is 2.18 bits per heavy atom. The Hall–Kier alpha value is -1.32. The van der Waals surface area contributed by atoms with Crippen molar-refractivity contribution in [1.82, 2.24) is 0 Å². The summed E-state index contributed by atoms with van der Waals surface area (Å²) in [7, 11) is 0. The van der Waals surface area contributed by atoms with Crippen LogP contribution < -0.4 is 9.47 Å². The maximum atomic E-state index is 13.1. The number of hydrogen-bond donors (Lipinski definition) is 0. The van der Waals surface area contributed by atoms with Crippen LogP contribution in [-0.2, 0) is 0 Å². The molecule has 0 saturated heterocycles. The Morgan fingerprint density at radius 1 is 1.00 bits per heavy atom. The Balaban J connectivity index is 2.58. The highest BCUT2D eigenvalue weighted by Gasteiger charge is 2.45. The number of rotatable bonds is 2. The molecule has 4 heteroatoms. The number of benzene rings is 1. The van der Waals surface area contributed by atoms with Gasteiger partial charge in [-0.15, -0.1) is 8.78 Å². The van der Waals surface area contributed by atoms with Gasteiger partial charge >= 0.3 is 6.29 Å². The fourth-order valence-electron chi connectivity index (χ4n) is 2.15. The molecule has 1 aliphatic heterocycles. The SMILES string of the molecule is CC(C)c1ccc2c(c1C(C)C)OC(F)(F)O2. The molecule has 0 saturated carbocycles. The minimum Gasteiger partial charge on any atom is -0.395 e. The van der Waals surface area contributed by atoms with Gasteiger partial charge in [0.05, 0.1) is 0 Å². The molecule has 1 heterocycles. The van der Waals surface area contributed by atoms with Crippen LogP contribution in [0.25, 0.3) is 0 Å². The zero-order valence-electron chi connectivity index (χ0n) is 10.4. The van der Waals surface area contributed by atoms with Crippen molar-refractivity contribution in [2.45, 2.75) is 45.8 Å². The van der Waals surface area contributed by atoms with Crippen LogP contribution in [-0.4, -0.2) is 6.29 Å². The summed E-state index contributed by atoms with van der Waals surface area (Å²) in [5.41, 5.74) is 1.84. The molecule has 0 spiro atoms. The van der Waals surface area contributed by atoms with Gasteiger partial charge in [-0.3, -0.25) is 0 Å². The van der Waals surface area contributed by atoms with Crippen molar-refractivity contribution in [3.63, 3.8) is 0 Å². The van der Waals surface area contributed by atoms with E-state index in [9.17, 15) is 8.78 Å². The molecule has 0 radical (unpaired) electrons. The second kappa shape index (κ2) is 3.86. The number of alkyl halides is 2. The molecule has 1 aromatic carbocycles. The molecule has 0 fully saturated rings. The number of halogens is 2. The van der Waals surface area contributed by atoms with Crippen LogP contribution in [0.4, 0.5) is 8.78 Å². The van der Waals surface area contributed by atoms with E-state index >= 15 is 0 Å². The fourth-order valence-corrected chi connectivity index (χ4v) is 2.15. The van der Waals surface area contributed by atoms with E-state index in [1.807, 2.05) is 33.8 Å². The van der Waals surface area contributed by atoms with Crippen LogP contribution in [0.15, 0.2) is 12.1 Å². The Bertz CT molecular complexity index is 439. The van der Waals surface area contributed by atoms with E-state index in [0.717, 1.165) is 11.1 Å². The van der Waals surface area contributed by atoms with Crippen molar-refractivity contribution < 1.29 is 18.3 Å². The van der Waals surface area contributed by atoms with Gasteiger partial charge in [0.2, 0.25) is 0 Å². The van der Waals surface area contributed by atoms with Crippen molar-refractivity contribution in [2.75, 3.05) is 0 Å². The normalized spacial score (nSPS) is 16.9. The first-order valence-corrected chi connectivity index (χ1v) is 5.74. The topological polar surface area (TPSA) is 18.5 Å². The van der Waals surface area contributed by atoms with Crippen LogP contribution in [0.2, 0.25) is 0 Å². The molecular weight excluding hydrogens is 226 g/mol. The summed E-state index contributed by atoms with van der Waals surface area (Å²) in [6.45, 7) is 7.98. The third kappa shape index (κ3) is 2.08. The first kappa shape index (κ1) is 12.1. The quantitative estimate of drug-likeness (QED) is 0.771. The third-order valence-corrected chi connectivity index (χ3v) is 2.84. The van der Waals surface area contributed by atoms with Gasteiger partial charge in [-0.25, -0.2) is 0 Å².